The van der Waals surface area contributed by atoms with E-state index < -0.39 is 18.5 Å². The van der Waals surface area contributed by atoms with Crippen LogP contribution >= 0.6 is 11.8 Å². The molecule has 4 heterocycles. The second-order valence-corrected chi connectivity index (χ2v) is 7.18. The molecule has 5 unspecified atom stereocenters. The van der Waals surface area contributed by atoms with Crippen molar-refractivity contribution in [2.75, 3.05) is 18.1 Å². The molecule has 0 aliphatic carbocycles. The van der Waals surface area contributed by atoms with E-state index in [0.717, 1.165) is 43.6 Å². The van der Waals surface area contributed by atoms with E-state index in [4.69, 9.17) is 9.47 Å². The monoisotopic (exact) mass is 366 g/mol. The summed E-state index contributed by atoms with van der Waals surface area (Å²) >= 11 is 1.78. The third-order valence-corrected chi connectivity index (χ3v) is 5.54. The Bertz CT molecular complexity index is 468. The molecule has 24 heavy (non-hydrogen) atoms. The third-order valence-electron chi connectivity index (χ3n) is 4.40. The molecule has 4 rings (SSSR count). The number of aryl methyl sites for hydroxylation is 1. The van der Waals surface area contributed by atoms with Gasteiger partial charge in [0.1, 0.15) is 6.10 Å². The first-order chi connectivity index (χ1) is 11.3. The van der Waals surface area contributed by atoms with E-state index in [1.54, 1.807) is 11.8 Å². The first kappa shape index (κ1) is 20.6. The van der Waals surface area contributed by atoms with Gasteiger partial charge in [-0.3, -0.25) is 10.3 Å². The second-order valence-electron chi connectivity index (χ2n) is 6.03. The van der Waals surface area contributed by atoms with Gasteiger partial charge in [-0.25, -0.2) is 0 Å². The van der Waals surface area contributed by atoms with E-state index in [-0.39, 0.29) is 41.6 Å². The van der Waals surface area contributed by atoms with Crippen molar-refractivity contribution in [1.29, 1.82) is 0 Å². The molecule has 3 aliphatic heterocycles. The number of fused-ring (bicyclic) bond motifs is 6. The van der Waals surface area contributed by atoms with Gasteiger partial charge < -0.3 is 24.8 Å². The van der Waals surface area contributed by atoms with Crippen LogP contribution < -0.4 is 34.7 Å². The van der Waals surface area contributed by atoms with Crippen molar-refractivity contribution in [3.05, 3.63) is 5.82 Å². The number of hydrogen-bond acceptors (Lipinski definition) is 8. The fourth-order valence-electron chi connectivity index (χ4n) is 3.12. The number of rotatable bonds is 6. The molecule has 3 fully saturated rings. The molecule has 0 radical (unpaired) electrons. The van der Waals surface area contributed by atoms with Crippen molar-refractivity contribution in [2.45, 2.75) is 56.7 Å². The van der Waals surface area contributed by atoms with Crippen molar-refractivity contribution >= 4 is 11.8 Å². The average Bonchev–Trinajstić information content (AvgIpc) is 3.09. The zero-order chi connectivity index (χ0) is 16.1. The van der Waals surface area contributed by atoms with Gasteiger partial charge in [0.05, 0.1) is 12.2 Å². The molecule has 0 amide bonds. The van der Waals surface area contributed by atoms with E-state index in [1.165, 1.54) is 0 Å². The summed E-state index contributed by atoms with van der Waals surface area (Å²) in [5.41, 5.74) is 0. The van der Waals surface area contributed by atoms with Crippen molar-refractivity contribution in [2.24, 2.45) is 5.92 Å². The van der Waals surface area contributed by atoms with Crippen LogP contribution in [0.1, 0.15) is 31.5 Å². The molecular weight excluding hydrogens is 343 g/mol. The van der Waals surface area contributed by atoms with Crippen LogP contribution in [-0.4, -0.2) is 68.5 Å². The number of nitrogens with zero attached hydrogens (tertiary/aromatic N) is 4. The molecule has 8 nitrogen and oxygen atoms in total. The summed E-state index contributed by atoms with van der Waals surface area (Å²) in [4.78, 5) is 0. The maximum Gasteiger partial charge on any atom is 1.00 e. The van der Waals surface area contributed by atoms with Crippen LogP contribution in [0.2, 0.25) is 0 Å². The quantitative estimate of drug-likeness (QED) is 0.396. The number of thioether (sulfide) groups is 1. The topological polar surface area (TPSA) is 112 Å². The zero-order valence-electron chi connectivity index (χ0n) is 14.0. The van der Waals surface area contributed by atoms with Gasteiger partial charge in [-0.05, 0) is 31.4 Å². The summed E-state index contributed by atoms with van der Waals surface area (Å²) in [6, 6.07) is 0. The minimum Gasteiger partial charge on any atom is -0.390 e. The molecule has 0 spiro atoms. The van der Waals surface area contributed by atoms with Gasteiger partial charge in [0.15, 0.2) is 6.29 Å². The Kier molecular flexibility index (Phi) is 8.93. The number of tetrazole rings is 1. The van der Waals surface area contributed by atoms with Gasteiger partial charge in [-0.1, -0.05) is 6.42 Å². The predicted molar refractivity (Wildman–Crippen MR) is 82.8 cm³/mol. The Hall–Kier alpha value is 0.260. The smallest absolute Gasteiger partial charge is 0.390 e. The van der Waals surface area contributed by atoms with E-state index in [9.17, 15) is 10.2 Å². The molecule has 2 N–H and O–H groups in total. The number of aliphatic hydroxyl groups is 2. The molecule has 1 aromatic rings. The summed E-state index contributed by atoms with van der Waals surface area (Å²) < 4.78 is 11.5. The molecule has 130 valence electrons. The van der Waals surface area contributed by atoms with Crippen LogP contribution in [-0.2, 0) is 15.9 Å². The number of aromatic nitrogens is 4. The van der Waals surface area contributed by atoms with E-state index in [2.05, 4.69) is 20.6 Å². The van der Waals surface area contributed by atoms with Crippen molar-refractivity contribution in [3.8, 4) is 0 Å². The number of aliphatic hydroxyl groups excluding tert-OH is 2. The summed E-state index contributed by atoms with van der Waals surface area (Å²) in [6.07, 6.45) is 1.99. The van der Waals surface area contributed by atoms with Crippen LogP contribution in [0.5, 0.6) is 0 Å². The van der Waals surface area contributed by atoms with E-state index in [0.29, 0.717) is 12.4 Å². The minimum atomic E-state index is -0.950. The molecule has 3 aliphatic rings. The maximum absolute atomic E-state index is 10.3. The van der Waals surface area contributed by atoms with Crippen LogP contribution in [0.15, 0.2) is 0 Å². The predicted octanol–water partition coefficient (Wildman–Crippen LogP) is -3.24. The van der Waals surface area contributed by atoms with Crippen LogP contribution in [0.3, 0.4) is 0 Å². The number of ether oxygens (including phenoxy) is 2. The summed E-state index contributed by atoms with van der Waals surface area (Å²) in [6.45, 7) is 0.572. The van der Waals surface area contributed by atoms with Gasteiger partial charge in [-0.2, -0.15) is 17.0 Å². The first-order valence-corrected chi connectivity index (χ1v) is 9.29. The standard InChI is InChI=1S/C14H23N4O4S.Na/c19-12-9-4-1-2-6-21-14(13(12)20)22-10(9)8-23-7-3-5-11-15-17-18-16-11;/h9-10,12-14,19-20H,1-8H2;/q-1;+1. The van der Waals surface area contributed by atoms with Crippen molar-refractivity contribution < 1.29 is 49.2 Å². The molecular formula is C14H23N4NaO4S. The zero-order valence-corrected chi connectivity index (χ0v) is 16.8. The first-order valence-electron chi connectivity index (χ1n) is 8.14. The van der Waals surface area contributed by atoms with Gasteiger partial charge in [0, 0.05) is 24.1 Å². The molecule has 0 saturated carbocycles. The summed E-state index contributed by atoms with van der Waals surface area (Å²) in [5.74, 6) is 2.38. The molecule has 2 bridgehead atoms. The van der Waals surface area contributed by atoms with Gasteiger partial charge >= 0.3 is 29.6 Å². The van der Waals surface area contributed by atoms with E-state index >= 15 is 0 Å². The number of hydrogen-bond donors (Lipinski definition) is 2. The Morgan fingerprint density at radius 2 is 2.12 bits per heavy atom. The SMILES string of the molecule is OC1C2OCCCCC(C(CSCCCc3nnn[n-]3)O2)C1O.[Na+]. The van der Waals surface area contributed by atoms with Crippen LogP contribution in [0.25, 0.3) is 0 Å². The third kappa shape index (κ3) is 5.38. The normalized spacial score (nSPS) is 33.3. The van der Waals surface area contributed by atoms with Gasteiger partial charge in [0.25, 0.3) is 0 Å². The second kappa shape index (κ2) is 10.4. The van der Waals surface area contributed by atoms with E-state index in [1.807, 2.05) is 0 Å². The van der Waals surface area contributed by atoms with Gasteiger partial charge in [0.2, 0.25) is 0 Å². The summed E-state index contributed by atoms with van der Waals surface area (Å²) in [7, 11) is 0. The van der Waals surface area contributed by atoms with Crippen LogP contribution in [0, 0.1) is 5.92 Å². The molecule has 5 atom stereocenters. The molecule has 3 saturated heterocycles. The average molecular weight is 366 g/mol. The largest absolute Gasteiger partial charge is 1.00 e. The Morgan fingerprint density at radius 1 is 1.25 bits per heavy atom. The Morgan fingerprint density at radius 3 is 2.92 bits per heavy atom. The van der Waals surface area contributed by atoms with Crippen molar-refractivity contribution in [1.82, 2.24) is 20.6 Å². The van der Waals surface area contributed by atoms with Crippen LogP contribution in [0.4, 0.5) is 0 Å². The Balaban J connectivity index is 0.00000208. The fourth-order valence-corrected chi connectivity index (χ4v) is 4.20. The molecule has 0 aromatic carbocycles. The van der Waals surface area contributed by atoms with Crippen molar-refractivity contribution in [3.63, 3.8) is 0 Å². The summed E-state index contributed by atoms with van der Waals surface area (Å²) in [5, 5.41) is 35.0. The minimum absolute atomic E-state index is 0. The molecule has 1 aromatic heterocycles. The fraction of sp³-hybridized carbons (Fsp3) is 0.929. The maximum atomic E-state index is 10.3. The van der Waals surface area contributed by atoms with Gasteiger partial charge in [-0.15, -0.1) is 0 Å². The Labute approximate surface area is 167 Å². The molecule has 10 heteroatoms.